The molecule has 158 valence electrons. The predicted octanol–water partition coefficient (Wildman–Crippen LogP) is 2.14. The van der Waals surface area contributed by atoms with Crippen LogP contribution in [0.1, 0.15) is 18.4 Å². The van der Waals surface area contributed by atoms with Crippen LogP contribution in [0.25, 0.3) is 0 Å². The molecule has 4 rings (SSSR count). The maximum absolute atomic E-state index is 13.2. The lowest BCUT2D eigenvalue weighted by Crippen LogP contribution is -2.45. The van der Waals surface area contributed by atoms with Crippen molar-refractivity contribution in [2.45, 2.75) is 30.3 Å². The van der Waals surface area contributed by atoms with Gasteiger partial charge in [-0.25, -0.2) is 8.42 Å². The van der Waals surface area contributed by atoms with Crippen molar-refractivity contribution >= 4 is 39.1 Å². The smallest absolute Gasteiger partial charge is 0.262 e. The van der Waals surface area contributed by atoms with Crippen LogP contribution in [0.2, 0.25) is 5.02 Å². The van der Waals surface area contributed by atoms with Crippen LogP contribution in [0, 0.1) is 0 Å². The van der Waals surface area contributed by atoms with E-state index in [0.717, 1.165) is 5.56 Å². The summed E-state index contributed by atoms with van der Waals surface area (Å²) in [6.45, 7) is 0.422. The molecule has 0 saturated carbocycles. The van der Waals surface area contributed by atoms with Crippen molar-refractivity contribution in [3.8, 4) is 5.75 Å². The molecule has 30 heavy (non-hydrogen) atoms. The summed E-state index contributed by atoms with van der Waals surface area (Å²) in [6.07, 6.45) is 1.03. The Kier molecular flexibility index (Phi) is 5.68. The van der Waals surface area contributed by atoms with Crippen molar-refractivity contribution in [3.05, 3.63) is 53.1 Å². The lowest BCUT2D eigenvalue weighted by Gasteiger charge is -2.24. The molecule has 2 aromatic carbocycles. The van der Waals surface area contributed by atoms with Gasteiger partial charge < -0.3 is 15.4 Å². The summed E-state index contributed by atoms with van der Waals surface area (Å²) >= 11 is 5.87. The molecule has 1 atom stereocenters. The van der Waals surface area contributed by atoms with E-state index in [0.29, 0.717) is 29.3 Å². The number of ether oxygens (including phenoxy) is 1. The molecule has 0 unspecified atom stereocenters. The number of fused-ring (bicyclic) bond motifs is 1. The third-order valence-corrected chi connectivity index (χ3v) is 7.23. The molecule has 2 heterocycles. The Morgan fingerprint density at radius 1 is 1.23 bits per heavy atom. The first-order chi connectivity index (χ1) is 14.3. The van der Waals surface area contributed by atoms with Crippen molar-refractivity contribution in [1.29, 1.82) is 0 Å². The summed E-state index contributed by atoms with van der Waals surface area (Å²) in [4.78, 5) is 24.3. The molecule has 0 aliphatic carbocycles. The first kappa shape index (κ1) is 20.6. The third-order valence-electron chi connectivity index (χ3n) is 5.08. The Morgan fingerprint density at radius 3 is 2.77 bits per heavy atom. The molecule has 2 N–H and O–H groups in total. The minimum absolute atomic E-state index is 0.00412. The average molecular weight is 450 g/mol. The van der Waals surface area contributed by atoms with Gasteiger partial charge in [-0.15, -0.1) is 0 Å². The summed E-state index contributed by atoms with van der Waals surface area (Å²) in [7, 11) is -3.92. The summed E-state index contributed by atoms with van der Waals surface area (Å²) in [5.74, 6) is -0.287. The van der Waals surface area contributed by atoms with Crippen LogP contribution in [0.5, 0.6) is 5.75 Å². The van der Waals surface area contributed by atoms with Gasteiger partial charge in [-0.2, -0.15) is 4.31 Å². The van der Waals surface area contributed by atoms with Crippen LogP contribution >= 0.6 is 11.6 Å². The number of benzene rings is 2. The Balaban J connectivity index is 1.50. The van der Waals surface area contributed by atoms with Gasteiger partial charge in [-0.05, 0) is 48.7 Å². The van der Waals surface area contributed by atoms with E-state index < -0.39 is 16.1 Å². The SMILES string of the molecule is O=C1COc2ccc(S(=O)(=O)N3CCC[C@H]3C(=O)NCc3ccc(Cl)cc3)cc2N1. The first-order valence-electron chi connectivity index (χ1n) is 9.45. The van der Waals surface area contributed by atoms with E-state index in [1.165, 1.54) is 22.5 Å². The number of sulfonamides is 1. The fraction of sp³-hybridized carbons (Fsp3) is 0.300. The van der Waals surface area contributed by atoms with Crippen molar-refractivity contribution in [2.24, 2.45) is 0 Å². The third kappa shape index (κ3) is 4.14. The summed E-state index contributed by atoms with van der Waals surface area (Å²) in [5, 5.41) is 6.01. The standard InChI is InChI=1S/C20H20ClN3O5S/c21-14-5-3-13(4-6-14)11-22-20(26)17-2-1-9-24(17)30(27,28)15-7-8-18-16(10-15)23-19(25)12-29-18/h3-8,10,17H,1-2,9,11-12H2,(H,22,26)(H,23,25)/t17-/m0/s1. The number of nitrogens with zero attached hydrogens (tertiary/aromatic N) is 1. The number of anilines is 1. The van der Waals surface area contributed by atoms with Gasteiger partial charge in [-0.3, -0.25) is 9.59 Å². The molecule has 0 aromatic heterocycles. The molecule has 1 saturated heterocycles. The van der Waals surface area contributed by atoms with Gasteiger partial charge in [0.25, 0.3) is 5.91 Å². The molecule has 2 aliphatic heterocycles. The van der Waals surface area contributed by atoms with Crippen LogP contribution in [0.4, 0.5) is 5.69 Å². The highest BCUT2D eigenvalue weighted by molar-refractivity contribution is 7.89. The second kappa shape index (κ2) is 8.25. The van der Waals surface area contributed by atoms with E-state index in [-0.39, 0.29) is 36.4 Å². The van der Waals surface area contributed by atoms with Gasteiger partial charge in [0.15, 0.2) is 6.61 Å². The van der Waals surface area contributed by atoms with Crippen LogP contribution in [-0.2, 0) is 26.2 Å². The highest BCUT2D eigenvalue weighted by Crippen LogP contribution is 2.33. The molecule has 0 bridgehead atoms. The number of carbonyl (C=O) groups is 2. The average Bonchev–Trinajstić information content (AvgIpc) is 3.23. The maximum atomic E-state index is 13.2. The molecule has 0 radical (unpaired) electrons. The molecule has 2 aliphatic rings. The lowest BCUT2D eigenvalue weighted by molar-refractivity contribution is -0.124. The van der Waals surface area contributed by atoms with Gasteiger partial charge >= 0.3 is 0 Å². The molecule has 2 amide bonds. The zero-order valence-corrected chi connectivity index (χ0v) is 17.5. The Labute approximate surface area is 179 Å². The topological polar surface area (TPSA) is 105 Å². The number of amides is 2. The maximum Gasteiger partial charge on any atom is 0.262 e. The minimum Gasteiger partial charge on any atom is -0.482 e. The fourth-order valence-corrected chi connectivity index (χ4v) is 5.37. The quantitative estimate of drug-likeness (QED) is 0.727. The van der Waals surface area contributed by atoms with E-state index in [2.05, 4.69) is 10.6 Å². The molecular formula is C20H20ClN3O5S. The second-order valence-corrected chi connectivity index (χ2v) is 9.44. The van der Waals surface area contributed by atoms with Crippen LogP contribution in [0.15, 0.2) is 47.4 Å². The predicted molar refractivity (Wildman–Crippen MR) is 111 cm³/mol. The largest absolute Gasteiger partial charge is 0.482 e. The lowest BCUT2D eigenvalue weighted by atomic mass is 10.2. The molecule has 0 spiro atoms. The zero-order valence-electron chi connectivity index (χ0n) is 15.9. The van der Waals surface area contributed by atoms with Crippen LogP contribution in [0.3, 0.4) is 0 Å². The second-order valence-electron chi connectivity index (χ2n) is 7.11. The first-order valence-corrected chi connectivity index (χ1v) is 11.3. The van der Waals surface area contributed by atoms with Gasteiger partial charge in [0.1, 0.15) is 11.8 Å². The summed E-state index contributed by atoms with van der Waals surface area (Å²) < 4.78 is 32.9. The highest BCUT2D eigenvalue weighted by Gasteiger charge is 2.39. The van der Waals surface area contributed by atoms with E-state index in [1.807, 2.05) is 0 Å². The minimum atomic E-state index is -3.92. The van der Waals surface area contributed by atoms with Gasteiger partial charge in [0.2, 0.25) is 15.9 Å². The monoisotopic (exact) mass is 449 g/mol. The Hall–Kier alpha value is -2.62. The molecule has 2 aromatic rings. The molecular weight excluding hydrogens is 430 g/mol. The Morgan fingerprint density at radius 2 is 2.00 bits per heavy atom. The molecule has 1 fully saturated rings. The highest BCUT2D eigenvalue weighted by atomic mass is 35.5. The number of hydrogen-bond donors (Lipinski definition) is 2. The fourth-order valence-electron chi connectivity index (χ4n) is 3.56. The normalized spacial score (nSPS) is 19.0. The number of hydrogen-bond acceptors (Lipinski definition) is 5. The van der Waals surface area contributed by atoms with Crippen molar-refractivity contribution in [2.75, 3.05) is 18.5 Å². The number of halogens is 1. The number of rotatable bonds is 5. The van der Waals surface area contributed by atoms with Crippen molar-refractivity contribution < 1.29 is 22.7 Å². The van der Waals surface area contributed by atoms with Crippen molar-refractivity contribution in [1.82, 2.24) is 9.62 Å². The number of carbonyl (C=O) groups excluding carboxylic acids is 2. The van der Waals surface area contributed by atoms with Gasteiger partial charge in [-0.1, -0.05) is 23.7 Å². The Bertz CT molecular complexity index is 1090. The summed E-state index contributed by atoms with van der Waals surface area (Å²) in [6, 6.07) is 10.6. The van der Waals surface area contributed by atoms with Crippen molar-refractivity contribution in [3.63, 3.8) is 0 Å². The van der Waals surface area contributed by atoms with Gasteiger partial charge in [0.05, 0.1) is 10.6 Å². The van der Waals surface area contributed by atoms with E-state index in [9.17, 15) is 18.0 Å². The van der Waals surface area contributed by atoms with E-state index >= 15 is 0 Å². The molecule has 10 heteroatoms. The van der Waals surface area contributed by atoms with E-state index in [1.54, 1.807) is 24.3 Å². The van der Waals surface area contributed by atoms with Gasteiger partial charge in [0, 0.05) is 18.1 Å². The van der Waals surface area contributed by atoms with Crippen LogP contribution in [-0.4, -0.2) is 43.7 Å². The number of nitrogens with one attached hydrogen (secondary N) is 2. The zero-order chi connectivity index (χ0) is 21.3. The molecule has 8 nitrogen and oxygen atoms in total. The van der Waals surface area contributed by atoms with E-state index in [4.69, 9.17) is 16.3 Å². The summed E-state index contributed by atoms with van der Waals surface area (Å²) in [5.41, 5.74) is 1.17. The van der Waals surface area contributed by atoms with Crippen LogP contribution < -0.4 is 15.4 Å².